The molecule has 2 nitrogen and oxygen atoms in total. The van der Waals surface area contributed by atoms with E-state index in [9.17, 15) is 4.39 Å². The van der Waals surface area contributed by atoms with Gasteiger partial charge >= 0.3 is 0 Å². The Morgan fingerprint density at radius 1 is 0.408 bits per heavy atom. The predicted molar refractivity (Wildman–Crippen MR) is 276 cm³/mol. The summed E-state index contributed by atoms with van der Waals surface area (Å²) < 4.78 is 68.0. The SMILES string of the molecule is C=Cc1ccc(Oc2ccc(C3(c4cc(F)c(F)c(F)c4)c4ccccc4-c4ccc(N(c5ccc(F)cc5)c5ccc6c(c5)C5(c7ccccc7-c7ccc(C)cc75)c5ccccc5-6)cc43)cc2)cc1. The third-order valence-electron chi connectivity index (χ3n) is 14.9. The second kappa shape index (κ2) is 15.9. The van der Waals surface area contributed by atoms with Crippen LogP contribution in [-0.4, -0.2) is 0 Å². The molecule has 340 valence electrons. The first kappa shape index (κ1) is 42.4. The zero-order chi connectivity index (χ0) is 48.2. The van der Waals surface area contributed by atoms with Crippen molar-refractivity contribution in [2.45, 2.75) is 17.8 Å². The lowest BCUT2D eigenvalue weighted by atomic mass is 9.67. The van der Waals surface area contributed by atoms with E-state index in [2.05, 4.69) is 109 Å². The summed E-state index contributed by atoms with van der Waals surface area (Å²) in [5.74, 6) is -3.34. The summed E-state index contributed by atoms with van der Waals surface area (Å²) in [5.41, 5.74) is 15.9. The molecule has 2 atom stereocenters. The normalized spacial score (nSPS) is 16.4. The first-order chi connectivity index (χ1) is 34.7. The molecule has 2 unspecified atom stereocenters. The number of benzene rings is 10. The fraction of sp³-hybridized carbons (Fsp3) is 0.0462. The van der Waals surface area contributed by atoms with E-state index < -0.39 is 28.3 Å². The van der Waals surface area contributed by atoms with Crippen LogP contribution in [0.1, 0.15) is 55.6 Å². The number of ether oxygens (including phenoxy) is 1. The van der Waals surface area contributed by atoms with E-state index in [1.54, 1.807) is 18.2 Å². The van der Waals surface area contributed by atoms with Gasteiger partial charge in [-0.1, -0.05) is 146 Å². The number of aryl methyl sites for hydroxylation is 1. The molecule has 0 heterocycles. The van der Waals surface area contributed by atoms with Crippen molar-refractivity contribution in [2.24, 2.45) is 0 Å². The predicted octanol–water partition coefficient (Wildman–Crippen LogP) is 17.2. The molecular formula is C65H41F4NO. The topological polar surface area (TPSA) is 12.5 Å². The van der Waals surface area contributed by atoms with Crippen molar-refractivity contribution in [3.63, 3.8) is 0 Å². The fourth-order valence-electron chi connectivity index (χ4n) is 12.0. The highest BCUT2D eigenvalue weighted by atomic mass is 19.2. The molecule has 0 fully saturated rings. The summed E-state index contributed by atoms with van der Waals surface area (Å²) in [7, 11) is 0. The van der Waals surface area contributed by atoms with Crippen LogP contribution in [0.2, 0.25) is 0 Å². The number of hydrogen-bond acceptors (Lipinski definition) is 2. The number of halogens is 4. The smallest absolute Gasteiger partial charge is 0.194 e. The standard InChI is InChI=1S/C65H41F4NO/c1-3-40-17-27-47(28-18-40)71-48-29-19-41(20-30-48)64(42-35-61(67)63(69)62(68)36-42)55-13-7-4-10-49(55)53-32-25-45(37-59(53)64)70(44-23-21-43(66)22-24-44)46-26-33-54-51-12-6-9-15-57(51)65(60(54)38-46)56-14-8-5-11-50(56)52-31-16-39(2)34-58(52)65/h3-38H,1H2,2H3. The number of fused-ring (bicyclic) bond motifs is 13. The molecule has 71 heavy (non-hydrogen) atoms. The van der Waals surface area contributed by atoms with Crippen molar-refractivity contribution in [3.8, 4) is 44.9 Å². The Morgan fingerprint density at radius 2 is 0.845 bits per heavy atom. The second-order valence-corrected chi connectivity index (χ2v) is 18.6. The molecule has 10 aromatic rings. The van der Waals surface area contributed by atoms with Crippen LogP contribution in [0.15, 0.2) is 219 Å². The van der Waals surface area contributed by atoms with Crippen LogP contribution >= 0.6 is 0 Å². The minimum atomic E-state index is -1.54. The molecule has 0 saturated carbocycles. The molecule has 10 aromatic carbocycles. The lowest BCUT2D eigenvalue weighted by Crippen LogP contribution is -2.29. The molecule has 6 heteroatoms. The molecule has 3 aliphatic rings. The van der Waals surface area contributed by atoms with Crippen LogP contribution in [0, 0.1) is 30.2 Å². The van der Waals surface area contributed by atoms with Gasteiger partial charge in [0.05, 0.1) is 10.8 Å². The highest BCUT2D eigenvalue weighted by Crippen LogP contribution is 2.64. The highest BCUT2D eigenvalue weighted by molar-refractivity contribution is 5.97. The average molecular weight is 928 g/mol. The Kier molecular flexibility index (Phi) is 9.49. The van der Waals surface area contributed by atoms with Gasteiger partial charge in [-0.3, -0.25) is 0 Å². The van der Waals surface area contributed by atoms with Crippen molar-refractivity contribution in [1.82, 2.24) is 0 Å². The van der Waals surface area contributed by atoms with Gasteiger partial charge in [0.15, 0.2) is 17.5 Å². The molecule has 3 aliphatic carbocycles. The Balaban J connectivity index is 1.04. The van der Waals surface area contributed by atoms with E-state index in [4.69, 9.17) is 4.74 Å². The fourth-order valence-corrected chi connectivity index (χ4v) is 12.0. The van der Waals surface area contributed by atoms with Gasteiger partial charge in [0.2, 0.25) is 0 Å². The lowest BCUT2D eigenvalue weighted by molar-refractivity contribution is 0.443. The van der Waals surface area contributed by atoms with Crippen LogP contribution < -0.4 is 9.64 Å². The molecule has 0 amide bonds. The second-order valence-electron chi connectivity index (χ2n) is 18.6. The number of anilines is 3. The Morgan fingerprint density at radius 3 is 1.38 bits per heavy atom. The van der Waals surface area contributed by atoms with Gasteiger partial charge in [-0.25, -0.2) is 17.6 Å². The molecule has 0 bridgehead atoms. The first-order valence-corrected chi connectivity index (χ1v) is 23.6. The maximum Gasteiger partial charge on any atom is 0.194 e. The first-order valence-electron chi connectivity index (χ1n) is 23.6. The third-order valence-corrected chi connectivity index (χ3v) is 14.9. The number of nitrogens with zero attached hydrogens (tertiary/aromatic N) is 1. The van der Waals surface area contributed by atoms with E-state index in [0.29, 0.717) is 28.4 Å². The van der Waals surface area contributed by atoms with Crippen molar-refractivity contribution >= 4 is 23.1 Å². The number of rotatable bonds is 8. The summed E-state index contributed by atoms with van der Waals surface area (Å²) in [6, 6.07) is 68.3. The van der Waals surface area contributed by atoms with E-state index >= 15 is 13.2 Å². The van der Waals surface area contributed by atoms with E-state index in [0.717, 1.165) is 67.9 Å². The largest absolute Gasteiger partial charge is 0.457 e. The van der Waals surface area contributed by atoms with Crippen LogP contribution in [-0.2, 0) is 10.8 Å². The van der Waals surface area contributed by atoms with Crippen molar-refractivity contribution < 1.29 is 22.3 Å². The molecule has 1 spiro atoms. The zero-order valence-corrected chi connectivity index (χ0v) is 38.4. The third kappa shape index (κ3) is 6.13. The van der Waals surface area contributed by atoms with Gasteiger partial charge in [-0.15, -0.1) is 0 Å². The molecule has 0 saturated heterocycles. The monoisotopic (exact) mass is 927 g/mol. The molecule has 0 radical (unpaired) electrons. The zero-order valence-electron chi connectivity index (χ0n) is 38.4. The molecule has 0 aromatic heterocycles. The van der Waals surface area contributed by atoms with Gasteiger partial charge in [0.25, 0.3) is 0 Å². The van der Waals surface area contributed by atoms with Crippen molar-refractivity contribution in [2.75, 3.05) is 4.90 Å². The minimum absolute atomic E-state index is 0.213. The molecule has 13 rings (SSSR count). The summed E-state index contributed by atoms with van der Waals surface area (Å²) in [6.45, 7) is 5.98. The van der Waals surface area contributed by atoms with Gasteiger partial charge in [0, 0.05) is 17.1 Å². The Bertz CT molecular complexity index is 3790. The highest BCUT2D eigenvalue weighted by Gasteiger charge is 2.52. The summed E-state index contributed by atoms with van der Waals surface area (Å²) >= 11 is 0. The molecule has 0 aliphatic heterocycles. The van der Waals surface area contributed by atoms with E-state index in [1.807, 2.05) is 84.9 Å². The van der Waals surface area contributed by atoms with Gasteiger partial charge in [0.1, 0.15) is 17.3 Å². The maximum absolute atomic E-state index is 15.8. The van der Waals surface area contributed by atoms with Gasteiger partial charge in [-0.2, -0.15) is 0 Å². The molecule has 0 N–H and O–H groups in total. The summed E-state index contributed by atoms with van der Waals surface area (Å²) in [4.78, 5) is 2.11. The summed E-state index contributed by atoms with van der Waals surface area (Å²) in [6.07, 6.45) is 1.76. The number of hydrogen-bond donors (Lipinski definition) is 0. The quantitative estimate of drug-likeness (QED) is 0.111. The summed E-state index contributed by atoms with van der Waals surface area (Å²) in [5, 5.41) is 0. The Labute approximate surface area is 409 Å². The maximum atomic E-state index is 15.8. The lowest BCUT2D eigenvalue weighted by Gasteiger charge is -2.35. The average Bonchev–Trinajstić information content (AvgIpc) is 3.98. The van der Waals surface area contributed by atoms with Crippen LogP contribution in [0.4, 0.5) is 34.6 Å². The van der Waals surface area contributed by atoms with Crippen LogP contribution in [0.25, 0.3) is 39.5 Å². The minimum Gasteiger partial charge on any atom is -0.457 e. The van der Waals surface area contributed by atoms with E-state index in [1.165, 1.54) is 39.9 Å². The van der Waals surface area contributed by atoms with Gasteiger partial charge in [-0.05, 0) is 175 Å². The van der Waals surface area contributed by atoms with E-state index in [-0.39, 0.29) is 11.4 Å². The molecular weight excluding hydrogens is 887 g/mol. The van der Waals surface area contributed by atoms with Crippen molar-refractivity contribution in [3.05, 3.63) is 298 Å². The van der Waals surface area contributed by atoms with Crippen molar-refractivity contribution in [1.29, 1.82) is 0 Å². The van der Waals surface area contributed by atoms with Gasteiger partial charge < -0.3 is 9.64 Å². The van der Waals surface area contributed by atoms with Crippen LogP contribution in [0.5, 0.6) is 11.5 Å². The van der Waals surface area contributed by atoms with Crippen LogP contribution in [0.3, 0.4) is 0 Å². The Hall–Kier alpha value is -8.74.